The van der Waals surface area contributed by atoms with Crippen molar-refractivity contribution in [3.8, 4) is 0 Å². The summed E-state index contributed by atoms with van der Waals surface area (Å²) in [5.41, 5.74) is 2.25. The van der Waals surface area contributed by atoms with Crippen LogP contribution in [-0.2, 0) is 27.1 Å². The molecule has 0 saturated carbocycles. The minimum Gasteiger partial charge on any atom is -0.465 e. The molecule has 1 aliphatic rings. The zero-order valence-corrected chi connectivity index (χ0v) is 19.7. The van der Waals surface area contributed by atoms with E-state index in [1.165, 1.54) is 50.9 Å². The molecule has 3 rings (SSSR count). The number of nitrogens with one attached hydrogen (secondary N) is 2. The number of carbonyl (C=O) groups is 3. The van der Waals surface area contributed by atoms with E-state index in [0.29, 0.717) is 16.3 Å². The van der Waals surface area contributed by atoms with Crippen LogP contribution in [0, 0.1) is 0 Å². The minimum absolute atomic E-state index is 0.166. The van der Waals surface area contributed by atoms with E-state index in [1.807, 2.05) is 0 Å². The number of aryl methyl sites for hydroxylation is 1. The number of fused-ring (bicyclic) bond motifs is 1. The molecule has 32 heavy (non-hydrogen) atoms. The fourth-order valence-electron chi connectivity index (χ4n) is 3.59. The van der Waals surface area contributed by atoms with E-state index in [2.05, 4.69) is 10.6 Å². The molecule has 0 unspecified atom stereocenters. The van der Waals surface area contributed by atoms with Crippen LogP contribution < -0.4 is 10.6 Å². The predicted molar refractivity (Wildman–Crippen MR) is 126 cm³/mol. The number of hydrogen-bond acceptors (Lipinski definition) is 8. The zero-order valence-electron chi connectivity index (χ0n) is 18.0. The highest BCUT2D eigenvalue weighted by molar-refractivity contribution is 7.80. The van der Waals surface area contributed by atoms with Gasteiger partial charge in [-0.25, -0.2) is 14.4 Å². The second-order valence-corrected chi connectivity index (χ2v) is 8.63. The van der Waals surface area contributed by atoms with Gasteiger partial charge in [0, 0.05) is 10.6 Å². The van der Waals surface area contributed by atoms with Crippen LogP contribution in [0.4, 0.5) is 10.7 Å². The topological polar surface area (TPSA) is 103 Å². The van der Waals surface area contributed by atoms with Crippen LogP contribution >= 0.6 is 23.6 Å². The molecule has 1 aliphatic carbocycles. The molecule has 0 amide bonds. The van der Waals surface area contributed by atoms with Crippen LogP contribution in [0.5, 0.6) is 0 Å². The van der Waals surface area contributed by atoms with E-state index in [9.17, 15) is 14.4 Å². The molecule has 0 spiro atoms. The molecule has 1 aromatic carbocycles. The maximum absolute atomic E-state index is 12.5. The normalized spacial score (nSPS) is 12.7. The molecule has 0 atom stereocenters. The van der Waals surface area contributed by atoms with Gasteiger partial charge in [0.2, 0.25) is 0 Å². The highest BCUT2D eigenvalue weighted by Crippen LogP contribution is 2.38. The number of thiocarbonyl (C=S) groups is 1. The summed E-state index contributed by atoms with van der Waals surface area (Å²) in [5.74, 6) is -1.62. The van der Waals surface area contributed by atoms with Gasteiger partial charge in [0.25, 0.3) is 0 Å². The Morgan fingerprint density at radius 1 is 0.844 bits per heavy atom. The molecule has 170 valence electrons. The molecule has 8 nitrogen and oxygen atoms in total. The van der Waals surface area contributed by atoms with Crippen molar-refractivity contribution >= 4 is 57.3 Å². The van der Waals surface area contributed by atoms with Gasteiger partial charge < -0.3 is 24.8 Å². The number of ether oxygens (including phenoxy) is 3. The Kier molecular flexibility index (Phi) is 7.81. The minimum atomic E-state index is -0.604. The molecule has 10 heteroatoms. The van der Waals surface area contributed by atoms with E-state index in [-0.39, 0.29) is 16.2 Å². The quantitative estimate of drug-likeness (QED) is 0.285. The van der Waals surface area contributed by atoms with Gasteiger partial charge in [-0.1, -0.05) is 6.42 Å². The second kappa shape index (κ2) is 10.6. The Morgan fingerprint density at radius 2 is 1.44 bits per heavy atom. The number of anilines is 2. The van der Waals surface area contributed by atoms with Gasteiger partial charge in [-0.05, 0) is 61.7 Å². The summed E-state index contributed by atoms with van der Waals surface area (Å²) in [6.45, 7) is 0. The third kappa shape index (κ3) is 5.25. The molecular formula is C22H24N2O6S2. The van der Waals surface area contributed by atoms with Gasteiger partial charge in [-0.2, -0.15) is 0 Å². The first-order valence-electron chi connectivity index (χ1n) is 10.0. The molecule has 0 aliphatic heterocycles. The smallest absolute Gasteiger partial charge is 0.341 e. The molecule has 0 saturated heterocycles. The largest absolute Gasteiger partial charge is 0.465 e. The van der Waals surface area contributed by atoms with Gasteiger partial charge in [-0.15, -0.1) is 11.3 Å². The van der Waals surface area contributed by atoms with Crippen LogP contribution in [0.2, 0.25) is 0 Å². The summed E-state index contributed by atoms with van der Waals surface area (Å²) in [6.07, 6.45) is 4.96. The number of carbonyl (C=O) groups excluding carboxylic acids is 3. The number of hydrogen-bond donors (Lipinski definition) is 2. The summed E-state index contributed by atoms with van der Waals surface area (Å²) in [6, 6.07) is 4.40. The van der Waals surface area contributed by atoms with Crippen LogP contribution in [0.15, 0.2) is 18.2 Å². The Hall–Kier alpha value is -2.98. The first-order chi connectivity index (χ1) is 15.4. The van der Waals surface area contributed by atoms with Gasteiger partial charge in [0.05, 0.1) is 38.0 Å². The summed E-state index contributed by atoms with van der Waals surface area (Å²) in [4.78, 5) is 37.7. The van der Waals surface area contributed by atoms with E-state index in [0.717, 1.165) is 42.5 Å². The van der Waals surface area contributed by atoms with Crippen molar-refractivity contribution < 1.29 is 28.6 Å². The number of esters is 3. The van der Waals surface area contributed by atoms with E-state index < -0.39 is 17.9 Å². The van der Waals surface area contributed by atoms with Crippen LogP contribution in [-0.4, -0.2) is 44.3 Å². The van der Waals surface area contributed by atoms with Crippen molar-refractivity contribution in [2.24, 2.45) is 0 Å². The molecule has 1 aromatic heterocycles. The summed E-state index contributed by atoms with van der Waals surface area (Å²) < 4.78 is 14.5. The van der Waals surface area contributed by atoms with Crippen molar-refractivity contribution in [3.63, 3.8) is 0 Å². The monoisotopic (exact) mass is 476 g/mol. The predicted octanol–water partition coefficient (Wildman–Crippen LogP) is 4.19. The van der Waals surface area contributed by atoms with Gasteiger partial charge in [0.15, 0.2) is 5.11 Å². The van der Waals surface area contributed by atoms with Crippen molar-refractivity contribution in [2.75, 3.05) is 32.0 Å². The lowest BCUT2D eigenvalue weighted by atomic mass is 10.1. The molecular weight excluding hydrogens is 452 g/mol. The van der Waals surface area contributed by atoms with Crippen molar-refractivity contribution in [1.29, 1.82) is 0 Å². The first kappa shape index (κ1) is 23.7. The van der Waals surface area contributed by atoms with Crippen LogP contribution in [0.3, 0.4) is 0 Å². The molecule has 2 N–H and O–H groups in total. The highest BCUT2D eigenvalue weighted by Gasteiger charge is 2.26. The number of rotatable bonds is 5. The first-order valence-corrected chi connectivity index (χ1v) is 11.2. The summed E-state index contributed by atoms with van der Waals surface area (Å²) in [7, 11) is 3.86. The average Bonchev–Trinajstić information content (AvgIpc) is 2.96. The number of thiophene rings is 1. The fourth-order valence-corrected chi connectivity index (χ4v) is 5.15. The third-order valence-electron chi connectivity index (χ3n) is 5.07. The molecule has 0 bridgehead atoms. The van der Waals surface area contributed by atoms with Crippen LogP contribution in [0.25, 0.3) is 0 Å². The standard InChI is InChI=1S/C22H24N2O6S2/c1-28-19(25)12-9-13(20(26)29-2)11-14(10-12)23-22(31)24-18-17(21(27)30-3)15-7-5-4-6-8-16(15)32-18/h9-11H,4-8H2,1-3H3,(H2,23,24,31). The number of benzene rings is 1. The Morgan fingerprint density at radius 3 is 2.03 bits per heavy atom. The van der Waals surface area contributed by atoms with Gasteiger partial charge >= 0.3 is 17.9 Å². The lowest BCUT2D eigenvalue weighted by molar-refractivity contribution is 0.0587. The Balaban J connectivity index is 1.88. The van der Waals surface area contributed by atoms with Crippen molar-refractivity contribution in [1.82, 2.24) is 0 Å². The summed E-state index contributed by atoms with van der Waals surface area (Å²) >= 11 is 6.94. The number of methoxy groups -OCH3 is 3. The van der Waals surface area contributed by atoms with Crippen molar-refractivity contribution in [2.45, 2.75) is 32.1 Å². The van der Waals surface area contributed by atoms with E-state index in [4.69, 9.17) is 26.4 Å². The molecule has 0 radical (unpaired) electrons. The lowest BCUT2D eigenvalue weighted by Crippen LogP contribution is -2.21. The molecule has 1 heterocycles. The van der Waals surface area contributed by atoms with Crippen molar-refractivity contribution in [3.05, 3.63) is 45.3 Å². The van der Waals surface area contributed by atoms with E-state index in [1.54, 1.807) is 0 Å². The molecule has 2 aromatic rings. The SMILES string of the molecule is COC(=O)c1cc(NC(=S)Nc2sc3c(c2C(=O)OC)CCCCC3)cc(C(=O)OC)c1. The second-order valence-electron chi connectivity index (χ2n) is 7.12. The van der Waals surface area contributed by atoms with Gasteiger partial charge in [-0.3, -0.25) is 0 Å². The maximum atomic E-state index is 12.5. The van der Waals surface area contributed by atoms with E-state index >= 15 is 0 Å². The Labute approximate surface area is 195 Å². The third-order valence-corrected chi connectivity index (χ3v) is 6.48. The maximum Gasteiger partial charge on any atom is 0.341 e. The Bertz CT molecular complexity index is 1030. The fraction of sp³-hybridized carbons (Fsp3) is 0.364. The highest BCUT2D eigenvalue weighted by atomic mass is 32.1. The zero-order chi connectivity index (χ0) is 23.3. The van der Waals surface area contributed by atoms with Gasteiger partial charge in [0.1, 0.15) is 5.00 Å². The molecule has 0 fully saturated rings. The lowest BCUT2D eigenvalue weighted by Gasteiger charge is -2.13. The average molecular weight is 477 g/mol. The summed E-state index contributed by atoms with van der Waals surface area (Å²) in [5, 5.41) is 6.86. The van der Waals surface area contributed by atoms with Crippen LogP contribution in [0.1, 0.15) is 60.8 Å².